The summed E-state index contributed by atoms with van der Waals surface area (Å²) in [5.41, 5.74) is 4.59. The van der Waals surface area contributed by atoms with Crippen molar-refractivity contribution in [3.05, 3.63) is 22.6 Å². The van der Waals surface area contributed by atoms with Gasteiger partial charge >= 0.3 is 5.79 Å². The predicted octanol–water partition coefficient (Wildman–Crippen LogP) is 1.82. The summed E-state index contributed by atoms with van der Waals surface area (Å²) in [5, 5.41) is 31.3. The molecule has 0 fully saturated rings. The summed E-state index contributed by atoms with van der Waals surface area (Å²) in [4.78, 5) is 5.42. The highest BCUT2D eigenvalue weighted by Crippen LogP contribution is 2.50. The number of allylic oxidation sites excluding steroid dienone is 1. The number of oxime groups is 1. The highest BCUT2D eigenvalue weighted by atomic mass is 16.8. The summed E-state index contributed by atoms with van der Waals surface area (Å²) < 4.78 is 5.56. The van der Waals surface area contributed by atoms with E-state index in [0.29, 0.717) is 0 Å². The molecule has 7 nitrogen and oxygen atoms in total. The van der Waals surface area contributed by atoms with Crippen molar-refractivity contribution in [3.8, 4) is 18.2 Å². The van der Waals surface area contributed by atoms with E-state index in [-0.39, 0.29) is 22.6 Å². The number of ether oxygens (including phenoxy) is 1. The van der Waals surface area contributed by atoms with Crippen molar-refractivity contribution in [1.82, 2.24) is 0 Å². The molecule has 1 atom stereocenters. The van der Waals surface area contributed by atoms with E-state index in [1.54, 1.807) is 39.8 Å². The van der Waals surface area contributed by atoms with Crippen LogP contribution in [0, 0.1) is 39.4 Å². The van der Waals surface area contributed by atoms with Gasteiger partial charge in [-0.1, -0.05) is 25.9 Å². The van der Waals surface area contributed by atoms with E-state index in [0.717, 1.165) is 0 Å². The Bertz CT molecular complexity index is 645. The predicted molar refractivity (Wildman–Crippen MR) is 73.6 cm³/mol. The van der Waals surface area contributed by atoms with Crippen LogP contribution in [0.2, 0.25) is 0 Å². The molecule has 0 spiro atoms. The van der Waals surface area contributed by atoms with Gasteiger partial charge in [0.15, 0.2) is 0 Å². The Morgan fingerprint density at radius 3 is 2.29 bits per heavy atom. The lowest BCUT2D eigenvalue weighted by atomic mass is 9.78. The molecule has 1 heterocycles. The van der Waals surface area contributed by atoms with Gasteiger partial charge in [-0.15, -0.1) is 0 Å². The Hall–Kier alpha value is -2.98. The lowest BCUT2D eigenvalue weighted by Crippen LogP contribution is -2.47. The second kappa shape index (κ2) is 5.56. The number of rotatable bonds is 2. The number of nitrogens with zero attached hydrogens (tertiary/aromatic N) is 4. The van der Waals surface area contributed by atoms with Gasteiger partial charge in [0.25, 0.3) is 0 Å². The van der Waals surface area contributed by atoms with Crippen molar-refractivity contribution in [2.75, 3.05) is 0 Å². The second-order valence-electron chi connectivity index (χ2n) is 5.25. The third kappa shape index (κ3) is 2.40. The maximum Gasteiger partial charge on any atom is 0.311 e. The van der Waals surface area contributed by atoms with Crippen LogP contribution in [0.5, 0.6) is 0 Å². The molecule has 0 aromatic heterocycles. The largest absolute Gasteiger partial charge is 0.429 e. The molecule has 0 bridgehead atoms. The monoisotopic (exact) mass is 285 g/mol. The topological polar surface area (TPSA) is 128 Å². The molecule has 0 radical (unpaired) electrons. The van der Waals surface area contributed by atoms with Crippen molar-refractivity contribution < 1.29 is 9.57 Å². The van der Waals surface area contributed by atoms with Crippen LogP contribution in [0.4, 0.5) is 0 Å². The fraction of sp³-hybridized carbons (Fsp3) is 0.429. The summed E-state index contributed by atoms with van der Waals surface area (Å²) in [6, 6.07) is 5.35. The van der Waals surface area contributed by atoms with Crippen LogP contribution in [0.15, 0.2) is 27.8 Å². The summed E-state index contributed by atoms with van der Waals surface area (Å²) >= 11 is 0. The smallest absolute Gasteiger partial charge is 0.311 e. The van der Waals surface area contributed by atoms with Crippen LogP contribution in [0.3, 0.4) is 0 Å². The van der Waals surface area contributed by atoms with Gasteiger partial charge in [-0.3, -0.25) is 0 Å². The SMILES string of the molecule is C/C=N\O[C@@]1(C(C)(C)C)OC(N)=C(C#N)C1=C(C#N)C#N. The van der Waals surface area contributed by atoms with Crippen molar-refractivity contribution in [2.45, 2.75) is 33.5 Å². The first-order valence-electron chi connectivity index (χ1n) is 6.09. The van der Waals surface area contributed by atoms with Crippen LogP contribution in [-0.4, -0.2) is 12.0 Å². The number of hydrogen-bond acceptors (Lipinski definition) is 7. The van der Waals surface area contributed by atoms with Gasteiger partial charge < -0.3 is 15.3 Å². The molecule has 0 saturated carbocycles. The summed E-state index contributed by atoms with van der Waals surface area (Å²) in [6.07, 6.45) is 1.38. The quantitative estimate of drug-likeness (QED) is 0.468. The fourth-order valence-corrected chi connectivity index (χ4v) is 1.94. The normalized spacial score (nSPS) is 21.5. The van der Waals surface area contributed by atoms with Gasteiger partial charge in [0, 0.05) is 11.6 Å². The Kier molecular flexibility index (Phi) is 4.26. The zero-order valence-electron chi connectivity index (χ0n) is 12.3. The molecule has 21 heavy (non-hydrogen) atoms. The Morgan fingerprint density at radius 2 is 1.90 bits per heavy atom. The minimum Gasteiger partial charge on any atom is -0.429 e. The number of nitrogens with two attached hydrogens (primary N) is 1. The Balaban J connectivity index is 3.77. The van der Waals surface area contributed by atoms with Crippen molar-refractivity contribution in [2.24, 2.45) is 16.3 Å². The average molecular weight is 285 g/mol. The van der Waals surface area contributed by atoms with Gasteiger partial charge in [-0.25, -0.2) is 0 Å². The first-order chi connectivity index (χ1) is 9.78. The van der Waals surface area contributed by atoms with Crippen LogP contribution in [0.25, 0.3) is 0 Å². The molecule has 1 aliphatic rings. The molecule has 0 saturated heterocycles. The third-order valence-corrected chi connectivity index (χ3v) is 2.94. The first-order valence-corrected chi connectivity index (χ1v) is 6.09. The summed E-state index contributed by atoms with van der Waals surface area (Å²) in [7, 11) is 0. The second-order valence-corrected chi connectivity index (χ2v) is 5.25. The number of hydrogen-bond donors (Lipinski definition) is 1. The molecule has 2 N–H and O–H groups in total. The highest BCUT2D eigenvalue weighted by molar-refractivity contribution is 5.61. The first kappa shape index (κ1) is 16.1. The standard InChI is InChI=1S/C14H15N5O2/c1-5-19-21-14(13(2,3)4)11(9(6-15)7-16)10(8-17)12(18)20-14/h5H,18H2,1-4H3/b19-5-/t14-/m0/s1. The minimum absolute atomic E-state index is 0.00519. The van der Waals surface area contributed by atoms with Crippen molar-refractivity contribution in [1.29, 1.82) is 15.8 Å². The van der Waals surface area contributed by atoms with Crippen molar-refractivity contribution >= 4 is 6.21 Å². The van der Waals surface area contributed by atoms with Gasteiger partial charge in [0.05, 0.1) is 5.57 Å². The molecule has 0 amide bonds. The van der Waals surface area contributed by atoms with E-state index in [4.69, 9.17) is 25.8 Å². The molecule has 7 heteroatoms. The van der Waals surface area contributed by atoms with E-state index in [9.17, 15) is 5.26 Å². The van der Waals surface area contributed by atoms with Crippen LogP contribution >= 0.6 is 0 Å². The molecule has 108 valence electrons. The van der Waals surface area contributed by atoms with E-state index in [1.807, 2.05) is 6.07 Å². The minimum atomic E-state index is -1.62. The molecule has 0 aromatic rings. The van der Waals surface area contributed by atoms with E-state index in [1.165, 1.54) is 6.21 Å². The van der Waals surface area contributed by atoms with Gasteiger partial charge in [0.1, 0.15) is 29.4 Å². The van der Waals surface area contributed by atoms with Crippen LogP contribution in [-0.2, 0) is 9.57 Å². The Morgan fingerprint density at radius 1 is 1.33 bits per heavy atom. The van der Waals surface area contributed by atoms with E-state index >= 15 is 0 Å². The number of nitriles is 3. The third-order valence-electron chi connectivity index (χ3n) is 2.94. The lowest BCUT2D eigenvalue weighted by Gasteiger charge is -2.38. The highest BCUT2D eigenvalue weighted by Gasteiger charge is 2.58. The molecule has 0 unspecified atom stereocenters. The van der Waals surface area contributed by atoms with E-state index < -0.39 is 11.2 Å². The van der Waals surface area contributed by atoms with Crippen molar-refractivity contribution in [3.63, 3.8) is 0 Å². The van der Waals surface area contributed by atoms with E-state index in [2.05, 4.69) is 5.16 Å². The van der Waals surface area contributed by atoms with Crippen LogP contribution < -0.4 is 5.73 Å². The lowest BCUT2D eigenvalue weighted by molar-refractivity contribution is -0.235. The summed E-state index contributed by atoms with van der Waals surface area (Å²) in [6.45, 7) is 6.92. The van der Waals surface area contributed by atoms with Gasteiger partial charge in [-0.2, -0.15) is 15.8 Å². The fourth-order valence-electron chi connectivity index (χ4n) is 1.94. The average Bonchev–Trinajstić information content (AvgIpc) is 2.71. The summed E-state index contributed by atoms with van der Waals surface area (Å²) in [5.74, 6) is -1.81. The maximum absolute atomic E-state index is 9.26. The molecule has 0 aromatic carbocycles. The maximum atomic E-state index is 9.26. The zero-order valence-corrected chi connectivity index (χ0v) is 12.3. The van der Waals surface area contributed by atoms with Gasteiger partial charge in [-0.05, 0) is 6.92 Å². The molecule has 0 aliphatic carbocycles. The zero-order chi connectivity index (χ0) is 16.3. The van der Waals surface area contributed by atoms with Crippen LogP contribution in [0.1, 0.15) is 27.7 Å². The molecular weight excluding hydrogens is 270 g/mol. The molecule has 1 rings (SSSR count). The molecule has 1 aliphatic heterocycles. The van der Waals surface area contributed by atoms with Gasteiger partial charge in [0.2, 0.25) is 5.88 Å². The Labute approximate surface area is 123 Å². The molecular formula is C14H15N5O2.